The maximum atomic E-state index is 11.6. The third kappa shape index (κ3) is 8.88. The van der Waals surface area contributed by atoms with E-state index < -0.39 is 9.84 Å². The summed E-state index contributed by atoms with van der Waals surface area (Å²) in [5.74, 6) is 0.962. The Balaban J connectivity index is 3.65. The standard InChI is InChI=1S/C11H25NO2S/c1-4-7-12-8-6-9-15(13,14)10-11(3)5-2/h11-12H,4-10H2,1-3H3. The molecule has 0 rings (SSSR count). The molecule has 0 radical (unpaired) electrons. The molecule has 0 fully saturated rings. The van der Waals surface area contributed by atoms with Crippen LogP contribution in [0.15, 0.2) is 0 Å². The highest BCUT2D eigenvalue weighted by Gasteiger charge is 2.13. The average Bonchev–Trinajstić information content (AvgIpc) is 2.16. The maximum absolute atomic E-state index is 11.6. The van der Waals surface area contributed by atoms with Gasteiger partial charge in [-0.25, -0.2) is 8.42 Å². The summed E-state index contributed by atoms with van der Waals surface area (Å²) in [5.41, 5.74) is 0. The molecule has 15 heavy (non-hydrogen) atoms. The smallest absolute Gasteiger partial charge is 0.150 e. The zero-order valence-electron chi connectivity index (χ0n) is 10.3. The predicted molar refractivity (Wildman–Crippen MR) is 65.9 cm³/mol. The Kier molecular flexibility index (Phi) is 8.06. The minimum Gasteiger partial charge on any atom is -0.317 e. The second-order valence-corrected chi connectivity index (χ2v) is 6.46. The first-order valence-corrected chi connectivity index (χ1v) is 7.75. The molecule has 1 unspecified atom stereocenters. The Morgan fingerprint density at radius 3 is 2.40 bits per heavy atom. The highest BCUT2D eigenvalue weighted by atomic mass is 32.2. The Morgan fingerprint density at radius 2 is 1.87 bits per heavy atom. The van der Waals surface area contributed by atoms with E-state index in [2.05, 4.69) is 12.2 Å². The molecule has 0 spiro atoms. The van der Waals surface area contributed by atoms with E-state index in [9.17, 15) is 8.42 Å². The molecule has 0 aromatic carbocycles. The van der Waals surface area contributed by atoms with Crippen LogP contribution in [-0.2, 0) is 9.84 Å². The van der Waals surface area contributed by atoms with Gasteiger partial charge in [0.2, 0.25) is 0 Å². The first-order chi connectivity index (χ1) is 7.02. The molecule has 3 nitrogen and oxygen atoms in total. The Hall–Kier alpha value is -0.0900. The van der Waals surface area contributed by atoms with Gasteiger partial charge in [-0.15, -0.1) is 0 Å². The van der Waals surface area contributed by atoms with Crippen LogP contribution in [0.25, 0.3) is 0 Å². The van der Waals surface area contributed by atoms with Gasteiger partial charge in [-0.05, 0) is 31.8 Å². The van der Waals surface area contributed by atoms with E-state index >= 15 is 0 Å². The van der Waals surface area contributed by atoms with Crippen LogP contribution in [-0.4, -0.2) is 33.0 Å². The van der Waals surface area contributed by atoms with Gasteiger partial charge in [-0.2, -0.15) is 0 Å². The first kappa shape index (κ1) is 14.9. The van der Waals surface area contributed by atoms with Crippen LogP contribution in [0.4, 0.5) is 0 Å². The molecule has 0 aromatic heterocycles. The lowest BCUT2D eigenvalue weighted by atomic mass is 10.2. The van der Waals surface area contributed by atoms with Crippen molar-refractivity contribution in [2.75, 3.05) is 24.6 Å². The molecule has 0 heterocycles. The van der Waals surface area contributed by atoms with Crippen LogP contribution >= 0.6 is 0 Å². The molecule has 0 saturated heterocycles. The Labute approximate surface area is 94.6 Å². The predicted octanol–water partition coefficient (Wildman–Crippen LogP) is 1.84. The summed E-state index contributed by atoms with van der Waals surface area (Å²) in [4.78, 5) is 0. The molecule has 0 aliphatic rings. The number of hydrogen-bond acceptors (Lipinski definition) is 3. The van der Waals surface area contributed by atoms with Crippen LogP contribution in [0.1, 0.15) is 40.0 Å². The summed E-state index contributed by atoms with van der Waals surface area (Å²) in [6.45, 7) is 7.92. The highest BCUT2D eigenvalue weighted by Crippen LogP contribution is 2.06. The van der Waals surface area contributed by atoms with E-state index in [0.29, 0.717) is 17.4 Å². The monoisotopic (exact) mass is 235 g/mol. The fourth-order valence-electron chi connectivity index (χ4n) is 1.35. The number of sulfone groups is 1. The van der Waals surface area contributed by atoms with Crippen molar-refractivity contribution in [1.29, 1.82) is 0 Å². The van der Waals surface area contributed by atoms with Gasteiger partial charge >= 0.3 is 0 Å². The van der Waals surface area contributed by atoms with Crippen LogP contribution in [0, 0.1) is 5.92 Å². The van der Waals surface area contributed by atoms with Gasteiger partial charge in [0.1, 0.15) is 0 Å². The summed E-state index contributed by atoms with van der Waals surface area (Å²) < 4.78 is 23.2. The zero-order valence-corrected chi connectivity index (χ0v) is 11.1. The van der Waals surface area contributed by atoms with Crippen molar-refractivity contribution in [2.24, 2.45) is 5.92 Å². The average molecular weight is 235 g/mol. The molecular weight excluding hydrogens is 210 g/mol. The van der Waals surface area contributed by atoms with E-state index in [1.165, 1.54) is 0 Å². The third-order valence-electron chi connectivity index (χ3n) is 2.47. The Bertz CT molecular complexity index is 237. The number of hydrogen-bond donors (Lipinski definition) is 1. The number of rotatable bonds is 9. The Morgan fingerprint density at radius 1 is 1.20 bits per heavy atom. The van der Waals surface area contributed by atoms with Gasteiger partial charge < -0.3 is 5.32 Å². The van der Waals surface area contributed by atoms with Crippen molar-refractivity contribution in [3.05, 3.63) is 0 Å². The van der Waals surface area contributed by atoms with Crippen LogP contribution in [0.5, 0.6) is 0 Å². The second kappa shape index (κ2) is 8.11. The van der Waals surface area contributed by atoms with E-state index in [0.717, 1.165) is 32.4 Å². The van der Waals surface area contributed by atoms with Crippen molar-refractivity contribution in [1.82, 2.24) is 5.32 Å². The second-order valence-electron chi connectivity index (χ2n) is 4.23. The SMILES string of the molecule is CCCNCCCS(=O)(=O)CC(C)CC. The molecule has 0 amide bonds. The fourth-order valence-corrected chi connectivity index (χ4v) is 3.21. The van der Waals surface area contributed by atoms with Crippen molar-refractivity contribution >= 4 is 9.84 Å². The minimum absolute atomic E-state index is 0.290. The summed E-state index contributed by atoms with van der Waals surface area (Å²) in [6, 6.07) is 0. The normalized spacial score (nSPS) is 14.1. The lowest BCUT2D eigenvalue weighted by Crippen LogP contribution is -2.22. The third-order valence-corrected chi connectivity index (χ3v) is 4.46. The largest absolute Gasteiger partial charge is 0.317 e. The molecule has 0 aromatic rings. The molecule has 4 heteroatoms. The van der Waals surface area contributed by atoms with E-state index in [4.69, 9.17) is 0 Å². The van der Waals surface area contributed by atoms with E-state index in [1.54, 1.807) is 0 Å². The zero-order chi connectivity index (χ0) is 11.7. The highest BCUT2D eigenvalue weighted by molar-refractivity contribution is 7.91. The molecule has 0 aliphatic heterocycles. The van der Waals surface area contributed by atoms with Gasteiger partial charge in [-0.1, -0.05) is 27.2 Å². The van der Waals surface area contributed by atoms with Crippen LogP contribution in [0.2, 0.25) is 0 Å². The fraction of sp³-hybridized carbons (Fsp3) is 1.00. The summed E-state index contributed by atoms with van der Waals surface area (Å²) in [5, 5.41) is 3.21. The summed E-state index contributed by atoms with van der Waals surface area (Å²) in [6.07, 6.45) is 2.77. The molecule has 92 valence electrons. The summed E-state index contributed by atoms with van der Waals surface area (Å²) >= 11 is 0. The van der Waals surface area contributed by atoms with Gasteiger partial charge in [0.05, 0.1) is 11.5 Å². The first-order valence-electron chi connectivity index (χ1n) is 5.93. The van der Waals surface area contributed by atoms with Crippen molar-refractivity contribution < 1.29 is 8.42 Å². The molecule has 0 saturated carbocycles. The summed E-state index contributed by atoms with van der Waals surface area (Å²) in [7, 11) is -2.82. The van der Waals surface area contributed by atoms with Gasteiger partial charge in [0, 0.05) is 0 Å². The molecule has 0 aliphatic carbocycles. The number of nitrogens with one attached hydrogen (secondary N) is 1. The molecular formula is C11H25NO2S. The molecule has 1 atom stereocenters. The van der Waals surface area contributed by atoms with Gasteiger partial charge in [-0.3, -0.25) is 0 Å². The molecule has 0 bridgehead atoms. The van der Waals surface area contributed by atoms with E-state index in [-0.39, 0.29) is 0 Å². The van der Waals surface area contributed by atoms with Crippen molar-refractivity contribution in [3.8, 4) is 0 Å². The van der Waals surface area contributed by atoms with Crippen LogP contribution in [0.3, 0.4) is 0 Å². The molecule has 1 N–H and O–H groups in total. The van der Waals surface area contributed by atoms with Gasteiger partial charge in [0.15, 0.2) is 9.84 Å². The van der Waals surface area contributed by atoms with E-state index in [1.807, 2.05) is 13.8 Å². The lowest BCUT2D eigenvalue weighted by Gasteiger charge is -2.09. The minimum atomic E-state index is -2.82. The quantitative estimate of drug-likeness (QED) is 0.620. The topological polar surface area (TPSA) is 46.2 Å². The maximum Gasteiger partial charge on any atom is 0.150 e. The van der Waals surface area contributed by atoms with Gasteiger partial charge in [0.25, 0.3) is 0 Å². The van der Waals surface area contributed by atoms with Crippen LogP contribution < -0.4 is 5.32 Å². The lowest BCUT2D eigenvalue weighted by molar-refractivity contribution is 0.559. The van der Waals surface area contributed by atoms with Crippen molar-refractivity contribution in [2.45, 2.75) is 40.0 Å². The van der Waals surface area contributed by atoms with Crippen molar-refractivity contribution in [3.63, 3.8) is 0 Å².